The van der Waals surface area contributed by atoms with Crippen LogP contribution in [0.5, 0.6) is 0 Å². The maximum atomic E-state index is 12.4. The van der Waals surface area contributed by atoms with Gasteiger partial charge in [0.25, 0.3) is 0 Å². The Bertz CT molecular complexity index is 499. The lowest BCUT2D eigenvalue weighted by molar-refractivity contribution is -0.150. The second-order valence-electron chi connectivity index (χ2n) is 4.21. The minimum absolute atomic E-state index is 0.161. The Kier molecular flexibility index (Phi) is 5.71. The van der Waals surface area contributed by atoms with Gasteiger partial charge in [0.1, 0.15) is 0 Å². The van der Waals surface area contributed by atoms with Gasteiger partial charge < -0.3 is 15.2 Å². The lowest BCUT2D eigenvalue weighted by Gasteiger charge is -2.10. The Labute approximate surface area is 118 Å². The van der Waals surface area contributed by atoms with Crippen molar-refractivity contribution in [2.45, 2.75) is 18.7 Å². The summed E-state index contributed by atoms with van der Waals surface area (Å²) in [5.41, 5.74) is -0.416. The molecule has 1 unspecified atom stereocenters. The number of hydrogen-bond acceptors (Lipinski definition) is 4. The molecule has 0 saturated heterocycles. The van der Waals surface area contributed by atoms with E-state index in [4.69, 9.17) is 0 Å². The van der Waals surface area contributed by atoms with E-state index in [0.717, 1.165) is 19.2 Å². The van der Waals surface area contributed by atoms with Gasteiger partial charge in [-0.1, -0.05) is 12.1 Å². The standard InChI is InChI=1S/C13H14F3NO4/c1-21-12(20)10(18)7-17-11(19)6-8-2-4-9(5-3-8)13(14,15)16/h2-5,10,18H,6-7H2,1H3,(H,17,19). The zero-order valence-electron chi connectivity index (χ0n) is 11.1. The number of hydrogen-bond donors (Lipinski definition) is 2. The molecule has 0 fully saturated rings. The van der Waals surface area contributed by atoms with Gasteiger partial charge in [0, 0.05) is 0 Å². The number of ether oxygens (including phenoxy) is 1. The maximum Gasteiger partial charge on any atom is 0.416 e. The van der Waals surface area contributed by atoms with Crippen LogP contribution >= 0.6 is 0 Å². The van der Waals surface area contributed by atoms with E-state index >= 15 is 0 Å². The van der Waals surface area contributed by atoms with Gasteiger partial charge in [-0.3, -0.25) is 4.79 Å². The van der Waals surface area contributed by atoms with Gasteiger partial charge in [0.15, 0.2) is 6.10 Å². The van der Waals surface area contributed by atoms with E-state index in [2.05, 4.69) is 10.1 Å². The van der Waals surface area contributed by atoms with Crippen LogP contribution in [0.25, 0.3) is 0 Å². The molecular weight excluding hydrogens is 291 g/mol. The van der Waals surface area contributed by atoms with Gasteiger partial charge in [-0.15, -0.1) is 0 Å². The van der Waals surface area contributed by atoms with Crippen LogP contribution in [0.4, 0.5) is 13.2 Å². The van der Waals surface area contributed by atoms with Gasteiger partial charge in [-0.25, -0.2) is 4.79 Å². The number of rotatable bonds is 5. The normalized spacial score (nSPS) is 12.6. The van der Waals surface area contributed by atoms with Gasteiger partial charge in [-0.2, -0.15) is 13.2 Å². The summed E-state index contributed by atoms with van der Waals surface area (Å²) in [5.74, 6) is -1.41. The van der Waals surface area contributed by atoms with Crippen LogP contribution in [0.15, 0.2) is 24.3 Å². The van der Waals surface area contributed by atoms with E-state index in [1.165, 1.54) is 12.1 Å². The van der Waals surface area contributed by atoms with E-state index < -0.39 is 29.7 Å². The number of halogens is 3. The molecule has 5 nitrogen and oxygen atoms in total. The van der Waals surface area contributed by atoms with Crippen molar-refractivity contribution in [3.8, 4) is 0 Å². The number of methoxy groups -OCH3 is 1. The number of carbonyl (C=O) groups excluding carboxylic acids is 2. The lowest BCUT2D eigenvalue weighted by Crippen LogP contribution is -2.37. The summed E-state index contributed by atoms with van der Waals surface area (Å²) in [7, 11) is 1.09. The number of carbonyl (C=O) groups is 2. The van der Waals surface area contributed by atoms with Crippen LogP contribution in [0.1, 0.15) is 11.1 Å². The summed E-state index contributed by atoms with van der Waals surface area (Å²) in [4.78, 5) is 22.4. The average Bonchev–Trinajstić information content (AvgIpc) is 2.43. The van der Waals surface area contributed by atoms with Gasteiger partial charge >= 0.3 is 12.1 Å². The maximum absolute atomic E-state index is 12.4. The van der Waals surface area contributed by atoms with Crippen LogP contribution in [0.2, 0.25) is 0 Å². The topological polar surface area (TPSA) is 75.6 Å². The largest absolute Gasteiger partial charge is 0.467 e. The van der Waals surface area contributed by atoms with Crippen molar-refractivity contribution in [3.63, 3.8) is 0 Å². The fourth-order valence-corrected chi connectivity index (χ4v) is 1.49. The average molecular weight is 305 g/mol. The molecular formula is C13H14F3NO4. The number of aliphatic hydroxyl groups is 1. The van der Waals surface area contributed by atoms with Crippen molar-refractivity contribution in [2.24, 2.45) is 0 Å². The van der Waals surface area contributed by atoms with Crippen LogP contribution in [-0.4, -0.2) is 36.7 Å². The number of alkyl halides is 3. The molecule has 1 aromatic rings. The number of aliphatic hydroxyl groups excluding tert-OH is 1. The number of benzene rings is 1. The number of esters is 1. The molecule has 1 aromatic carbocycles. The quantitative estimate of drug-likeness (QED) is 0.793. The zero-order valence-corrected chi connectivity index (χ0v) is 11.1. The first-order valence-corrected chi connectivity index (χ1v) is 5.92. The predicted octanol–water partition coefficient (Wildman–Crippen LogP) is 0.898. The monoisotopic (exact) mass is 305 g/mol. The zero-order chi connectivity index (χ0) is 16.0. The first-order chi connectivity index (χ1) is 9.74. The van der Waals surface area contributed by atoms with E-state index in [1.807, 2.05) is 0 Å². The summed E-state index contributed by atoms with van der Waals surface area (Å²) < 4.78 is 41.3. The van der Waals surface area contributed by atoms with Crippen molar-refractivity contribution in [2.75, 3.05) is 13.7 Å². The molecule has 8 heteroatoms. The summed E-state index contributed by atoms with van der Waals surface area (Å²) in [6.07, 6.45) is -6.07. The molecule has 0 aliphatic rings. The van der Waals surface area contributed by atoms with Crippen LogP contribution in [-0.2, 0) is 26.9 Å². The Balaban J connectivity index is 2.50. The van der Waals surface area contributed by atoms with Gasteiger partial charge in [0.05, 0.1) is 25.6 Å². The molecule has 1 rings (SSSR count). The molecule has 0 aromatic heterocycles. The SMILES string of the molecule is COC(=O)C(O)CNC(=O)Cc1ccc(C(F)(F)F)cc1. The van der Waals surface area contributed by atoms with Crippen molar-refractivity contribution < 1.29 is 32.6 Å². The number of amides is 1. The van der Waals surface area contributed by atoms with Gasteiger partial charge in [-0.05, 0) is 17.7 Å². The molecule has 2 N–H and O–H groups in total. The minimum Gasteiger partial charge on any atom is -0.467 e. The summed E-state index contributed by atoms with van der Waals surface area (Å²) >= 11 is 0. The molecule has 0 radical (unpaired) electrons. The van der Waals surface area contributed by atoms with Crippen molar-refractivity contribution in [1.82, 2.24) is 5.32 Å². The van der Waals surface area contributed by atoms with E-state index in [1.54, 1.807) is 0 Å². The van der Waals surface area contributed by atoms with E-state index in [0.29, 0.717) is 5.56 Å². The van der Waals surface area contributed by atoms with Crippen LogP contribution < -0.4 is 5.32 Å². The third-order valence-electron chi connectivity index (χ3n) is 2.61. The van der Waals surface area contributed by atoms with Crippen LogP contribution in [0.3, 0.4) is 0 Å². The summed E-state index contributed by atoms with van der Waals surface area (Å²) in [5, 5.41) is 11.5. The van der Waals surface area contributed by atoms with Crippen LogP contribution in [0, 0.1) is 0 Å². The first kappa shape index (κ1) is 17.0. The molecule has 1 atom stereocenters. The smallest absolute Gasteiger partial charge is 0.416 e. The molecule has 21 heavy (non-hydrogen) atoms. The molecule has 116 valence electrons. The highest BCUT2D eigenvalue weighted by molar-refractivity contribution is 5.80. The summed E-state index contributed by atoms with van der Waals surface area (Å²) in [6.45, 7) is -0.327. The third kappa shape index (κ3) is 5.42. The second kappa shape index (κ2) is 7.07. The molecule has 0 heterocycles. The highest BCUT2D eigenvalue weighted by atomic mass is 19.4. The van der Waals surface area contributed by atoms with Crippen molar-refractivity contribution >= 4 is 11.9 Å². The second-order valence-corrected chi connectivity index (χ2v) is 4.21. The Morgan fingerprint density at radius 3 is 2.33 bits per heavy atom. The molecule has 1 amide bonds. The Morgan fingerprint density at radius 2 is 1.86 bits per heavy atom. The minimum atomic E-state index is -4.43. The molecule has 0 saturated carbocycles. The Hall–Kier alpha value is -2.09. The Morgan fingerprint density at radius 1 is 1.29 bits per heavy atom. The predicted molar refractivity (Wildman–Crippen MR) is 66.2 cm³/mol. The molecule has 0 spiro atoms. The first-order valence-electron chi connectivity index (χ1n) is 5.92. The van der Waals surface area contributed by atoms with E-state index in [-0.39, 0.29) is 13.0 Å². The van der Waals surface area contributed by atoms with Crippen molar-refractivity contribution in [3.05, 3.63) is 35.4 Å². The van der Waals surface area contributed by atoms with E-state index in [9.17, 15) is 27.9 Å². The molecule has 0 aliphatic heterocycles. The third-order valence-corrected chi connectivity index (χ3v) is 2.61. The lowest BCUT2D eigenvalue weighted by atomic mass is 10.1. The molecule has 0 bridgehead atoms. The molecule has 0 aliphatic carbocycles. The van der Waals surface area contributed by atoms with Gasteiger partial charge in [0.2, 0.25) is 5.91 Å². The fourth-order valence-electron chi connectivity index (χ4n) is 1.49. The number of nitrogens with one attached hydrogen (secondary N) is 1. The highest BCUT2D eigenvalue weighted by Gasteiger charge is 2.29. The highest BCUT2D eigenvalue weighted by Crippen LogP contribution is 2.29. The fraction of sp³-hybridized carbons (Fsp3) is 0.385. The summed E-state index contributed by atoms with van der Waals surface area (Å²) in [6, 6.07) is 4.15. The van der Waals surface area contributed by atoms with Crippen molar-refractivity contribution in [1.29, 1.82) is 0 Å².